The van der Waals surface area contributed by atoms with Crippen LogP contribution in [0, 0.1) is 0 Å². The number of rotatable bonds is 15. The molecule has 1 aromatic carbocycles. The Kier molecular flexibility index (Phi) is 12.7. The molecule has 1 rings (SSSR count). The highest BCUT2D eigenvalue weighted by Gasteiger charge is 2.19. The number of nitrogens with zero attached hydrogens (tertiary/aromatic N) is 3. The SMILES string of the molecule is CCN(CC)CCCN(CCS(=O)(=O)c1ccccc1)C(=O)NCCN(CC)CC. The number of hydrogen-bond acceptors (Lipinski definition) is 5. The van der Waals surface area contributed by atoms with E-state index in [4.69, 9.17) is 0 Å². The van der Waals surface area contributed by atoms with Gasteiger partial charge in [0.1, 0.15) is 0 Å². The molecule has 0 aromatic heterocycles. The Labute approximate surface area is 183 Å². The fraction of sp³-hybridized carbons (Fsp3) is 0.682. The normalized spacial score (nSPS) is 11.8. The van der Waals surface area contributed by atoms with Crippen LogP contribution in [0.25, 0.3) is 0 Å². The molecule has 1 aromatic rings. The number of nitrogens with one attached hydrogen (secondary N) is 1. The number of urea groups is 1. The Morgan fingerprint density at radius 2 is 1.40 bits per heavy atom. The van der Waals surface area contributed by atoms with Crippen molar-refractivity contribution in [2.45, 2.75) is 39.0 Å². The summed E-state index contributed by atoms with van der Waals surface area (Å²) in [7, 11) is -3.42. The van der Waals surface area contributed by atoms with Gasteiger partial charge in [-0.1, -0.05) is 45.9 Å². The molecule has 0 fully saturated rings. The highest BCUT2D eigenvalue weighted by Crippen LogP contribution is 2.10. The fourth-order valence-electron chi connectivity index (χ4n) is 3.29. The summed E-state index contributed by atoms with van der Waals surface area (Å²) in [6.45, 7) is 15.2. The summed E-state index contributed by atoms with van der Waals surface area (Å²) in [5.74, 6) is -0.0776. The summed E-state index contributed by atoms with van der Waals surface area (Å²) < 4.78 is 25.3. The first-order valence-electron chi connectivity index (χ1n) is 11.1. The van der Waals surface area contributed by atoms with Gasteiger partial charge in [0.05, 0.1) is 10.6 Å². The minimum absolute atomic E-state index is 0.0776. The van der Waals surface area contributed by atoms with Crippen molar-refractivity contribution >= 4 is 15.9 Å². The van der Waals surface area contributed by atoms with E-state index in [2.05, 4.69) is 42.8 Å². The first-order valence-corrected chi connectivity index (χ1v) is 12.8. The maximum atomic E-state index is 12.8. The highest BCUT2D eigenvalue weighted by atomic mass is 32.2. The summed E-state index contributed by atoms with van der Waals surface area (Å²) in [5, 5.41) is 2.96. The predicted molar refractivity (Wildman–Crippen MR) is 124 cm³/mol. The molecule has 0 spiro atoms. The Morgan fingerprint density at radius 1 is 0.833 bits per heavy atom. The topological polar surface area (TPSA) is 73.0 Å². The number of carbonyl (C=O) groups excluding carboxylic acids is 1. The summed E-state index contributed by atoms with van der Waals surface area (Å²) >= 11 is 0. The molecule has 0 saturated heterocycles. The van der Waals surface area contributed by atoms with Gasteiger partial charge in [0, 0.05) is 26.2 Å². The van der Waals surface area contributed by atoms with Gasteiger partial charge in [0.2, 0.25) is 0 Å². The molecule has 8 heteroatoms. The Hall–Kier alpha value is -1.64. The molecule has 30 heavy (non-hydrogen) atoms. The zero-order valence-electron chi connectivity index (χ0n) is 19.1. The molecular weight excluding hydrogens is 400 g/mol. The smallest absolute Gasteiger partial charge is 0.317 e. The predicted octanol–water partition coefficient (Wildman–Crippen LogP) is 2.55. The van der Waals surface area contributed by atoms with Gasteiger partial charge in [0.25, 0.3) is 0 Å². The average molecular weight is 441 g/mol. The van der Waals surface area contributed by atoms with Gasteiger partial charge in [-0.05, 0) is 51.3 Å². The summed E-state index contributed by atoms with van der Waals surface area (Å²) in [6.07, 6.45) is 0.816. The minimum atomic E-state index is -3.42. The van der Waals surface area contributed by atoms with Crippen molar-refractivity contribution in [3.05, 3.63) is 30.3 Å². The van der Waals surface area contributed by atoms with Gasteiger partial charge in [-0.25, -0.2) is 13.2 Å². The molecule has 0 saturated carbocycles. The van der Waals surface area contributed by atoms with Crippen molar-refractivity contribution in [3.63, 3.8) is 0 Å². The lowest BCUT2D eigenvalue weighted by Gasteiger charge is -2.26. The molecule has 0 aliphatic rings. The maximum Gasteiger partial charge on any atom is 0.317 e. The number of carbonyl (C=O) groups is 1. The van der Waals surface area contributed by atoms with Crippen LogP contribution in [0.4, 0.5) is 4.79 Å². The molecular formula is C22H40N4O3S. The second-order valence-corrected chi connectivity index (χ2v) is 9.37. The van der Waals surface area contributed by atoms with Crippen LogP contribution >= 0.6 is 0 Å². The quantitative estimate of drug-likeness (QED) is 0.454. The van der Waals surface area contributed by atoms with Crippen molar-refractivity contribution in [1.82, 2.24) is 20.0 Å². The molecule has 0 bridgehead atoms. The molecule has 2 amide bonds. The van der Waals surface area contributed by atoms with E-state index >= 15 is 0 Å². The summed E-state index contributed by atoms with van der Waals surface area (Å²) in [4.78, 5) is 19.2. The lowest BCUT2D eigenvalue weighted by Crippen LogP contribution is -2.45. The van der Waals surface area contributed by atoms with Gasteiger partial charge in [0.15, 0.2) is 9.84 Å². The molecule has 172 valence electrons. The third kappa shape index (κ3) is 9.45. The first-order chi connectivity index (χ1) is 14.4. The number of amides is 2. The van der Waals surface area contributed by atoms with Crippen molar-refractivity contribution in [3.8, 4) is 0 Å². The number of sulfone groups is 1. The van der Waals surface area contributed by atoms with Crippen LogP contribution in [0.5, 0.6) is 0 Å². The molecule has 7 nitrogen and oxygen atoms in total. The van der Waals surface area contributed by atoms with E-state index in [1.54, 1.807) is 35.2 Å². The molecule has 0 radical (unpaired) electrons. The molecule has 0 unspecified atom stereocenters. The lowest BCUT2D eigenvalue weighted by molar-refractivity contribution is 0.193. The molecule has 0 atom stereocenters. The van der Waals surface area contributed by atoms with Crippen LogP contribution in [0.1, 0.15) is 34.1 Å². The van der Waals surface area contributed by atoms with Crippen LogP contribution in [-0.4, -0.2) is 93.8 Å². The van der Waals surface area contributed by atoms with E-state index < -0.39 is 9.84 Å². The highest BCUT2D eigenvalue weighted by molar-refractivity contribution is 7.91. The van der Waals surface area contributed by atoms with Crippen molar-refractivity contribution in [2.24, 2.45) is 0 Å². The minimum Gasteiger partial charge on any atom is -0.337 e. The van der Waals surface area contributed by atoms with Crippen molar-refractivity contribution in [1.29, 1.82) is 0 Å². The third-order valence-electron chi connectivity index (χ3n) is 5.41. The second kappa shape index (κ2) is 14.4. The van der Waals surface area contributed by atoms with E-state index in [1.807, 2.05) is 0 Å². The third-order valence-corrected chi connectivity index (χ3v) is 7.13. The van der Waals surface area contributed by atoms with E-state index in [0.29, 0.717) is 18.0 Å². The van der Waals surface area contributed by atoms with Crippen LogP contribution in [0.2, 0.25) is 0 Å². The van der Waals surface area contributed by atoms with E-state index in [0.717, 1.165) is 45.7 Å². The number of hydrogen-bond donors (Lipinski definition) is 1. The largest absolute Gasteiger partial charge is 0.337 e. The molecule has 0 aliphatic heterocycles. The zero-order valence-corrected chi connectivity index (χ0v) is 20.0. The van der Waals surface area contributed by atoms with Crippen molar-refractivity contribution < 1.29 is 13.2 Å². The Balaban J connectivity index is 2.70. The first kappa shape index (κ1) is 26.4. The Morgan fingerprint density at radius 3 is 1.97 bits per heavy atom. The zero-order chi connectivity index (χ0) is 22.4. The van der Waals surface area contributed by atoms with Crippen LogP contribution in [0.15, 0.2) is 35.2 Å². The van der Waals surface area contributed by atoms with Gasteiger partial charge in [-0.2, -0.15) is 0 Å². The number of benzene rings is 1. The summed E-state index contributed by atoms with van der Waals surface area (Å²) in [6, 6.07) is 8.24. The van der Waals surface area contributed by atoms with Crippen LogP contribution in [0.3, 0.4) is 0 Å². The molecule has 1 N–H and O–H groups in total. The standard InChI is InChI=1S/C22H40N4O3S/c1-5-24(6-2)16-12-17-26(22(27)23-15-18-25(7-3)8-4)19-20-30(28,29)21-13-10-9-11-14-21/h9-11,13-14H,5-8,12,15-20H2,1-4H3,(H,23,27). The van der Waals surface area contributed by atoms with Gasteiger partial charge >= 0.3 is 6.03 Å². The molecule has 0 heterocycles. The van der Waals surface area contributed by atoms with E-state index in [1.165, 1.54) is 0 Å². The van der Waals surface area contributed by atoms with Crippen LogP contribution < -0.4 is 5.32 Å². The lowest BCUT2D eigenvalue weighted by atomic mass is 10.3. The van der Waals surface area contributed by atoms with E-state index in [-0.39, 0.29) is 18.3 Å². The van der Waals surface area contributed by atoms with Gasteiger partial charge in [-0.15, -0.1) is 0 Å². The Bertz CT molecular complexity index is 690. The average Bonchev–Trinajstić information content (AvgIpc) is 2.76. The van der Waals surface area contributed by atoms with Gasteiger partial charge < -0.3 is 20.0 Å². The van der Waals surface area contributed by atoms with Crippen molar-refractivity contribution in [2.75, 3.05) is 64.7 Å². The second-order valence-electron chi connectivity index (χ2n) is 7.26. The maximum absolute atomic E-state index is 12.8. The van der Waals surface area contributed by atoms with E-state index in [9.17, 15) is 13.2 Å². The fourth-order valence-corrected chi connectivity index (χ4v) is 4.56. The van der Waals surface area contributed by atoms with Crippen LogP contribution in [-0.2, 0) is 9.84 Å². The number of likely N-dealkylation sites (N-methyl/N-ethyl adjacent to an activating group) is 1. The monoisotopic (exact) mass is 440 g/mol. The molecule has 0 aliphatic carbocycles. The van der Waals surface area contributed by atoms with Gasteiger partial charge in [-0.3, -0.25) is 0 Å². The summed E-state index contributed by atoms with van der Waals surface area (Å²) in [5.41, 5.74) is 0.